The molecular weight excluding hydrogens is 642 g/mol. The number of carbonyl (C=O) groups excluding carboxylic acids is 3. The zero-order valence-corrected chi connectivity index (χ0v) is 29.5. The van der Waals surface area contributed by atoms with Crippen molar-refractivity contribution in [3.8, 4) is 0 Å². The second-order valence-electron chi connectivity index (χ2n) is 14.1. The van der Waals surface area contributed by atoms with E-state index in [1.165, 1.54) is 4.68 Å². The smallest absolute Gasteiger partial charge is 0.270 e. The normalized spacial score (nSPS) is 17.9. The van der Waals surface area contributed by atoms with Crippen LogP contribution in [-0.4, -0.2) is 63.3 Å². The number of ether oxygens (including phenoxy) is 1. The molecule has 6 rings (SSSR count). The maximum absolute atomic E-state index is 14.1. The minimum atomic E-state index is -1.10. The summed E-state index contributed by atoms with van der Waals surface area (Å²) in [4.78, 5) is 49.4. The van der Waals surface area contributed by atoms with Crippen LogP contribution in [0.25, 0.3) is 11.0 Å². The fourth-order valence-electron chi connectivity index (χ4n) is 6.88. The van der Waals surface area contributed by atoms with Crippen molar-refractivity contribution in [1.82, 2.24) is 35.7 Å². The number of nitrogens with zero attached hydrogens (tertiary/aromatic N) is 3. The van der Waals surface area contributed by atoms with Crippen LogP contribution in [0, 0.1) is 11.8 Å². The lowest BCUT2D eigenvalue weighted by atomic mass is 9.77. The summed E-state index contributed by atoms with van der Waals surface area (Å²) in [5.74, 6) is -0.162. The third-order valence-corrected chi connectivity index (χ3v) is 10.5. The van der Waals surface area contributed by atoms with Gasteiger partial charge in [-0.2, -0.15) is 5.10 Å². The molecule has 2 fully saturated rings. The van der Waals surface area contributed by atoms with E-state index in [0.29, 0.717) is 27.6 Å². The van der Waals surface area contributed by atoms with Gasteiger partial charge in [0.25, 0.3) is 5.91 Å². The van der Waals surface area contributed by atoms with Gasteiger partial charge in [0, 0.05) is 37.3 Å². The minimum absolute atomic E-state index is 0.0647. The molecule has 0 radical (unpaired) electrons. The van der Waals surface area contributed by atoms with Gasteiger partial charge in [0.1, 0.15) is 17.6 Å². The first-order valence-corrected chi connectivity index (χ1v) is 17.5. The number of aromatic nitrogens is 4. The number of hydrogen-bond acceptors (Lipinski definition) is 6. The summed E-state index contributed by atoms with van der Waals surface area (Å²) in [7, 11) is 3.29. The van der Waals surface area contributed by atoms with Gasteiger partial charge in [-0.1, -0.05) is 56.1 Å². The number of imidazole rings is 1. The molecule has 49 heavy (non-hydrogen) atoms. The lowest BCUT2D eigenvalue weighted by molar-refractivity contribution is -0.135. The quantitative estimate of drug-likeness (QED) is 0.141. The Bertz CT molecular complexity index is 1830. The topological polar surface area (TPSA) is 143 Å². The highest BCUT2D eigenvalue weighted by molar-refractivity contribution is 6.31. The largest absolute Gasteiger partial charge is 0.383 e. The number of aryl methyl sites for hydroxylation is 1. The highest BCUT2D eigenvalue weighted by Crippen LogP contribution is 2.40. The summed E-state index contributed by atoms with van der Waals surface area (Å²) >= 11 is 6.75. The van der Waals surface area contributed by atoms with E-state index in [1.54, 1.807) is 26.4 Å². The molecule has 2 aromatic carbocycles. The molecule has 1 unspecified atom stereocenters. The molecule has 11 nitrogen and oxygen atoms in total. The maximum Gasteiger partial charge on any atom is 0.270 e. The number of fused-ring (bicyclic) bond motifs is 1. The summed E-state index contributed by atoms with van der Waals surface area (Å²) in [6.07, 6.45) is 6.43. The van der Waals surface area contributed by atoms with Crippen molar-refractivity contribution in [3.05, 3.63) is 82.4 Å². The molecule has 4 N–H and O–H groups in total. The van der Waals surface area contributed by atoms with Crippen LogP contribution in [0.15, 0.2) is 54.7 Å². The molecule has 12 heteroatoms. The first kappa shape index (κ1) is 34.6. The van der Waals surface area contributed by atoms with E-state index in [0.717, 1.165) is 43.2 Å². The monoisotopic (exact) mass is 687 g/mol. The first-order valence-electron chi connectivity index (χ1n) is 17.1. The average molecular weight is 688 g/mol. The minimum Gasteiger partial charge on any atom is -0.383 e. The van der Waals surface area contributed by atoms with Gasteiger partial charge in [-0.25, -0.2) is 4.98 Å². The van der Waals surface area contributed by atoms with Crippen LogP contribution in [0.5, 0.6) is 0 Å². The summed E-state index contributed by atoms with van der Waals surface area (Å²) < 4.78 is 7.14. The van der Waals surface area contributed by atoms with Crippen molar-refractivity contribution < 1.29 is 19.1 Å². The van der Waals surface area contributed by atoms with Crippen LogP contribution in [0.2, 0.25) is 5.02 Å². The van der Waals surface area contributed by atoms with Crippen molar-refractivity contribution in [2.24, 2.45) is 18.9 Å². The number of benzene rings is 2. The second kappa shape index (κ2) is 14.3. The summed E-state index contributed by atoms with van der Waals surface area (Å²) in [6, 6.07) is 14.0. The Labute approximate surface area is 291 Å². The number of carbonyl (C=O) groups is 3. The van der Waals surface area contributed by atoms with Crippen LogP contribution in [0.4, 0.5) is 0 Å². The van der Waals surface area contributed by atoms with E-state index < -0.39 is 17.5 Å². The number of amides is 3. The Hall–Kier alpha value is -4.22. The zero-order valence-electron chi connectivity index (χ0n) is 28.8. The first-order chi connectivity index (χ1) is 23.5. The van der Waals surface area contributed by atoms with Crippen LogP contribution in [0.3, 0.4) is 0 Å². The molecule has 0 saturated heterocycles. The second-order valence-corrected chi connectivity index (χ2v) is 14.5. The highest BCUT2D eigenvalue weighted by Gasteiger charge is 2.42. The number of H-pyrrole nitrogens is 1. The predicted octanol–water partition coefficient (Wildman–Crippen LogP) is 5.33. The Morgan fingerprint density at radius 3 is 2.45 bits per heavy atom. The molecule has 0 bridgehead atoms. The van der Waals surface area contributed by atoms with Crippen LogP contribution in [-0.2, 0) is 26.8 Å². The summed E-state index contributed by atoms with van der Waals surface area (Å²) in [6.45, 7) is 6.12. The average Bonchev–Trinajstić information content (AvgIpc) is 3.58. The van der Waals surface area contributed by atoms with E-state index in [-0.39, 0.29) is 48.1 Å². The van der Waals surface area contributed by atoms with Crippen LogP contribution >= 0.6 is 11.6 Å². The molecule has 2 aliphatic carbocycles. The van der Waals surface area contributed by atoms with Crippen LogP contribution in [0.1, 0.15) is 92.3 Å². The van der Waals surface area contributed by atoms with E-state index in [4.69, 9.17) is 21.3 Å². The van der Waals surface area contributed by atoms with Gasteiger partial charge in [-0.05, 0) is 79.8 Å². The summed E-state index contributed by atoms with van der Waals surface area (Å²) in [5, 5.41) is 14.2. The van der Waals surface area contributed by atoms with E-state index in [9.17, 15) is 14.4 Å². The van der Waals surface area contributed by atoms with Crippen molar-refractivity contribution in [1.29, 1.82) is 0 Å². The van der Waals surface area contributed by atoms with Gasteiger partial charge >= 0.3 is 0 Å². The number of rotatable bonds is 14. The third-order valence-electron chi connectivity index (χ3n) is 10.2. The zero-order chi connectivity index (χ0) is 34.9. The fourth-order valence-corrected chi connectivity index (χ4v) is 7.15. The van der Waals surface area contributed by atoms with E-state index in [2.05, 4.69) is 39.9 Å². The highest BCUT2D eigenvalue weighted by atomic mass is 35.5. The SMILES string of the molecule is COCC(C)(C(=O)N[C@@H](C(=O)NC1CC1)C1CCC1)c1ccc2[nH]c([C@@H](NC(=O)c3ccnn3C)[C@H](c3ccccc3Cl)C(C)C)nc2c1. The van der Waals surface area contributed by atoms with Gasteiger partial charge < -0.3 is 25.7 Å². The molecular formula is C37H46ClN7O4. The molecule has 2 aliphatic rings. The van der Waals surface area contributed by atoms with Crippen molar-refractivity contribution >= 4 is 40.4 Å². The number of hydrogen-bond donors (Lipinski definition) is 4. The Kier molecular flexibility index (Phi) is 10.1. The fraction of sp³-hybridized carbons (Fsp3) is 0.486. The standard InChI is InChI=1S/C37H46ClN7O4/c1-21(2)30(25-11-6-7-12-26(25)38)32(43-34(46)29-17-18-39-45(29)4)33-41-27-16-13-23(19-28(27)42-33)37(3,20-49-5)36(48)44-31(22-9-8-10-22)35(47)40-24-14-15-24/h6-7,11-13,16-19,21-22,24,30-32H,8-10,14-15,20H2,1-5H3,(H,40,47)(H,41,42)(H,43,46)(H,44,48)/t30-,31+,32-,37?/m0/s1. The number of methoxy groups -OCH3 is 1. The molecule has 260 valence electrons. The molecule has 0 spiro atoms. The maximum atomic E-state index is 14.1. The molecule has 2 aromatic heterocycles. The summed E-state index contributed by atoms with van der Waals surface area (Å²) in [5.41, 5.74) is 2.29. The molecule has 3 amide bonds. The lowest BCUT2D eigenvalue weighted by Gasteiger charge is -2.36. The Morgan fingerprint density at radius 2 is 1.84 bits per heavy atom. The number of nitrogens with one attached hydrogen (secondary N) is 4. The van der Waals surface area contributed by atoms with Crippen molar-refractivity contribution in [2.75, 3.05) is 13.7 Å². The third kappa shape index (κ3) is 7.23. The van der Waals surface area contributed by atoms with Gasteiger partial charge in [0.05, 0.1) is 29.1 Å². The number of halogens is 1. The van der Waals surface area contributed by atoms with E-state index in [1.807, 2.05) is 49.4 Å². The van der Waals surface area contributed by atoms with Gasteiger partial charge in [0.15, 0.2) is 0 Å². The van der Waals surface area contributed by atoms with Crippen molar-refractivity contribution in [3.63, 3.8) is 0 Å². The molecule has 4 atom stereocenters. The van der Waals surface area contributed by atoms with Gasteiger partial charge in [-0.3, -0.25) is 19.1 Å². The molecule has 0 aliphatic heterocycles. The van der Waals surface area contributed by atoms with Crippen molar-refractivity contribution in [2.45, 2.75) is 82.3 Å². The van der Waals surface area contributed by atoms with Gasteiger partial charge in [-0.15, -0.1) is 0 Å². The lowest BCUT2D eigenvalue weighted by Crippen LogP contribution is -2.57. The molecule has 4 aromatic rings. The van der Waals surface area contributed by atoms with Gasteiger partial charge in [0.2, 0.25) is 11.8 Å². The number of aromatic amines is 1. The van der Waals surface area contributed by atoms with Crippen LogP contribution < -0.4 is 16.0 Å². The Balaban J connectivity index is 1.35. The molecule has 2 saturated carbocycles. The Morgan fingerprint density at radius 1 is 1.08 bits per heavy atom. The van der Waals surface area contributed by atoms with E-state index >= 15 is 0 Å². The predicted molar refractivity (Wildman–Crippen MR) is 188 cm³/mol. The molecule has 2 heterocycles.